The lowest BCUT2D eigenvalue weighted by molar-refractivity contribution is 0.0667. The third-order valence-corrected chi connectivity index (χ3v) is 5.89. The van der Waals surface area contributed by atoms with Gasteiger partial charge in [-0.2, -0.15) is 0 Å². The van der Waals surface area contributed by atoms with Crippen LogP contribution >= 0.6 is 27.5 Å². The Labute approximate surface area is 157 Å². The second-order valence-electron chi connectivity index (χ2n) is 6.94. The smallest absolute Gasteiger partial charge is 0.257 e. The van der Waals surface area contributed by atoms with E-state index in [1.807, 2.05) is 4.90 Å². The van der Waals surface area contributed by atoms with Crippen LogP contribution < -0.4 is 0 Å². The molecule has 6 heteroatoms. The molecule has 3 rings (SSSR count). The predicted molar refractivity (Wildman–Crippen MR) is 100 cm³/mol. The SMILES string of the molecule is O=C(c1cc(Br)cnc1Cl)N1CCC(CN2CCCCCC2)CC1. The molecule has 0 saturated carbocycles. The number of aromatic nitrogens is 1. The second-order valence-corrected chi connectivity index (χ2v) is 8.22. The van der Waals surface area contributed by atoms with Crippen LogP contribution in [0.2, 0.25) is 5.15 Å². The topological polar surface area (TPSA) is 36.4 Å². The third-order valence-electron chi connectivity index (χ3n) is 5.15. The zero-order valence-corrected chi connectivity index (χ0v) is 16.4. The van der Waals surface area contributed by atoms with Crippen molar-refractivity contribution < 1.29 is 4.79 Å². The summed E-state index contributed by atoms with van der Waals surface area (Å²) in [6.07, 6.45) is 9.22. The van der Waals surface area contributed by atoms with Crippen molar-refractivity contribution in [1.29, 1.82) is 0 Å². The van der Waals surface area contributed by atoms with Gasteiger partial charge in [0.15, 0.2) is 0 Å². The molecule has 0 aromatic carbocycles. The van der Waals surface area contributed by atoms with Crippen LogP contribution in [0, 0.1) is 5.92 Å². The van der Waals surface area contributed by atoms with Crippen molar-refractivity contribution in [3.05, 3.63) is 27.5 Å². The van der Waals surface area contributed by atoms with E-state index in [-0.39, 0.29) is 11.1 Å². The first-order chi connectivity index (χ1) is 11.6. The zero-order chi connectivity index (χ0) is 16.9. The van der Waals surface area contributed by atoms with Crippen molar-refractivity contribution in [1.82, 2.24) is 14.8 Å². The fourth-order valence-corrected chi connectivity index (χ4v) is 4.26. The summed E-state index contributed by atoms with van der Waals surface area (Å²) in [4.78, 5) is 21.3. The Morgan fingerprint density at radius 2 is 1.83 bits per heavy atom. The van der Waals surface area contributed by atoms with E-state index in [0.29, 0.717) is 11.5 Å². The van der Waals surface area contributed by atoms with Gasteiger partial charge in [-0.05, 0) is 66.7 Å². The Kier molecular flexibility index (Phi) is 6.53. The van der Waals surface area contributed by atoms with Gasteiger partial charge in [-0.1, -0.05) is 24.4 Å². The Bertz CT molecular complexity index is 567. The molecule has 0 atom stereocenters. The van der Waals surface area contributed by atoms with Crippen LogP contribution in [-0.2, 0) is 0 Å². The van der Waals surface area contributed by atoms with E-state index < -0.39 is 0 Å². The first-order valence-electron chi connectivity index (χ1n) is 8.96. The van der Waals surface area contributed by atoms with E-state index in [2.05, 4.69) is 25.8 Å². The van der Waals surface area contributed by atoms with Crippen LogP contribution in [0.3, 0.4) is 0 Å². The van der Waals surface area contributed by atoms with Crippen LogP contribution in [0.1, 0.15) is 48.9 Å². The highest BCUT2D eigenvalue weighted by Gasteiger charge is 2.26. The van der Waals surface area contributed by atoms with E-state index in [1.54, 1.807) is 12.3 Å². The number of piperidine rings is 1. The largest absolute Gasteiger partial charge is 0.339 e. The molecule has 132 valence electrons. The number of amides is 1. The lowest BCUT2D eigenvalue weighted by Gasteiger charge is -2.34. The van der Waals surface area contributed by atoms with Crippen LogP contribution in [0.15, 0.2) is 16.7 Å². The van der Waals surface area contributed by atoms with E-state index in [1.165, 1.54) is 45.3 Å². The van der Waals surface area contributed by atoms with Crippen molar-refractivity contribution in [3.63, 3.8) is 0 Å². The quantitative estimate of drug-likeness (QED) is 0.695. The summed E-state index contributed by atoms with van der Waals surface area (Å²) in [7, 11) is 0. The monoisotopic (exact) mass is 413 g/mol. The molecule has 3 heterocycles. The summed E-state index contributed by atoms with van der Waals surface area (Å²) in [5.74, 6) is 0.713. The Balaban J connectivity index is 1.52. The minimum atomic E-state index is 0.00187. The average molecular weight is 415 g/mol. The van der Waals surface area contributed by atoms with Crippen LogP contribution in [0.4, 0.5) is 0 Å². The van der Waals surface area contributed by atoms with Gasteiger partial charge in [0.25, 0.3) is 5.91 Å². The number of carbonyl (C=O) groups excluding carboxylic acids is 1. The molecule has 0 unspecified atom stereocenters. The molecule has 0 bridgehead atoms. The van der Waals surface area contributed by atoms with Gasteiger partial charge in [0.2, 0.25) is 0 Å². The molecule has 1 aromatic rings. The van der Waals surface area contributed by atoms with Crippen molar-refractivity contribution in [2.24, 2.45) is 5.92 Å². The summed E-state index contributed by atoms with van der Waals surface area (Å²) in [5.41, 5.74) is 0.497. The predicted octanol–water partition coefficient (Wildman–Crippen LogP) is 4.23. The first kappa shape index (κ1) is 18.2. The molecule has 4 nitrogen and oxygen atoms in total. The number of likely N-dealkylation sites (tertiary alicyclic amines) is 2. The molecule has 0 radical (unpaired) electrons. The third kappa shape index (κ3) is 4.70. The number of pyridine rings is 1. The summed E-state index contributed by atoms with van der Waals surface area (Å²) in [6.45, 7) is 5.33. The number of nitrogens with zero attached hydrogens (tertiary/aromatic N) is 3. The number of halogens is 2. The van der Waals surface area contributed by atoms with Gasteiger partial charge in [-0.15, -0.1) is 0 Å². The molecule has 24 heavy (non-hydrogen) atoms. The summed E-state index contributed by atoms with van der Waals surface area (Å²) in [5, 5.41) is 0.287. The molecule has 0 aliphatic carbocycles. The fraction of sp³-hybridized carbons (Fsp3) is 0.667. The molecule has 2 aliphatic heterocycles. The number of hydrogen-bond donors (Lipinski definition) is 0. The van der Waals surface area contributed by atoms with Crippen LogP contribution in [-0.4, -0.2) is 53.4 Å². The standard InChI is InChI=1S/C18H25BrClN3O/c19-15-11-16(17(20)21-12-15)18(24)23-9-5-14(6-10-23)13-22-7-3-1-2-4-8-22/h11-12,14H,1-10,13H2. The minimum absolute atomic E-state index is 0.00187. The Morgan fingerprint density at radius 1 is 1.17 bits per heavy atom. The molecule has 2 saturated heterocycles. The van der Waals surface area contributed by atoms with Crippen molar-refractivity contribution in [2.75, 3.05) is 32.7 Å². The van der Waals surface area contributed by atoms with E-state index in [0.717, 1.165) is 30.4 Å². The molecule has 1 aromatic heterocycles. The van der Waals surface area contributed by atoms with E-state index in [9.17, 15) is 4.79 Å². The second kappa shape index (κ2) is 8.63. The van der Waals surface area contributed by atoms with Crippen molar-refractivity contribution in [2.45, 2.75) is 38.5 Å². The van der Waals surface area contributed by atoms with Gasteiger partial charge in [0.05, 0.1) is 5.56 Å². The molecule has 0 N–H and O–H groups in total. The lowest BCUT2D eigenvalue weighted by Crippen LogP contribution is -2.42. The highest BCUT2D eigenvalue weighted by atomic mass is 79.9. The maximum atomic E-state index is 12.7. The van der Waals surface area contributed by atoms with Gasteiger partial charge >= 0.3 is 0 Å². The summed E-state index contributed by atoms with van der Waals surface area (Å²) >= 11 is 9.46. The molecular formula is C18H25BrClN3O. The van der Waals surface area contributed by atoms with E-state index >= 15 is 0 Å². The van der Waals surface area contributed by atoms with Gasteiger partial charge in [0, 0.05) is 30.3 Å². The average Bonchev–Trinajstić information content (AvgIpc) is 2.86. The molecule has 2 aliphatic rings. The van der Waals surface area contributed by atoms with E-state index in [4.69, 9.17) is 11.6 Å². The summed E-state index contributed by atoms with van der Waals surface area (Å²) in [6, 6.07) is 1.76. The Hall–Kier alpha value is -0.650. The van der Waals surface area contributed by atoms with Crippen molar-refractivity contribution in [3.8, 4) is 0 Å². The lowest BCUT2D eigenvalue weighted by atomic mass is 9.95. The van der Waals surface area contributed by atoms with Gasteiger partial charge in [-0.3, -0.25) is 4.79 Å². The first-order valence-corrected chi connectivity index (χ1v) is 10.1. The molecule has 1 amide bonds. The number of rotatable bonds is 3. The molecular weight excluding hydrogens is 390 g/mol. The van der Waals surface area contributed by atoms with Gasteiger partial charge < -0.3 is 9.80 Å². The summed E-state index contributed by atoms with van der Waals surface area (Å²) < 4.78 is 0.784. The van der Waals surface area contributed by atoms with Crippen LogP contribution in [0.5, 0.6) is 0 Å². The fourth-order valence-electron chi connectivity index (χ4n) is 3.75. The van der Waals surface area contributed by atoms with Crippen molar-refractivity contribution >= 4 is 33.4 Å². The zero-order valence-electron chi connectivity index (χ0n) is 14.0. The number of carbonyl (C=O) groups is 1. The maximum Gasteiger partial charge on any atom is 0.257 e. The highest BCUT2D eigenvalue weighted by Crippen LogP contribution is 2.24. The molecule has 0 spiro atoms. The Morgan fingerprint density at radius 3 is 2.50 bits per heavy atom. The maximum absolute atomic E-state index is 12.7. The minimum Gasteiger partial charge on any atom is -0.339 e. The molecule has 2 fully saturated rings. The van der Waals surface area contributed by atoms with Gasteiger partial charge in [-0.25, -0.2) is 4.98 Å². The number of hydrogen-bond acceptors (Lipinski definition) is 3. The van der Waals surface area contributed by atoms with Crippen LogP contribution in [0.25, 0.3) is 0 Å². The highest BCUT2D eigenvalue weighted by molar-refractivity contribution is 9.10. The normalized spacial score (nSPS) is 20.8. The van der Waals surface area contributed by atoms with Gasteiger partial charge in [0.1, 0.15) is 5.15 Å².